The largest absolute Gasteiger partial charge is 0.253 e. The van der Waals surface area contributed by atoms with Gasteiger partial charge < -0.3 is 0 Å². The van der Waals surface area contributed by atoms with Crippen molar-refractivity contribution in [3.63, 3.8) is 0 Å². The summed E-state index contributed by atoms with van der Waals surface area (Å²) in [4.78, 5) is 0. The van der Waals surface area contributed by atoms with Crippen LogP contribution in [0.3, 0.4) is 0 Å². The molecule has 1 heterocycles. The predicted octanol–water partition coefficient (Wildman–Crippen LogP) is 3.71. The molecule has 0 radical (unpaired) electrons. The van der Waals surface area contributed by atoms with Gasteiger partial charge in [-0.2, -0.15) is 4.31 Å². The average molecular weight is 352 g/mol. The van der Waals surface area contributed by atoms with Crippen LogP contribution in [0.5, 0.6) is 0 Å². The molecule has 0 aromatic carbocycles. The molecule has 6 heteroatoms. The lowest BCUT2D eigenvalue weighted by Crippen LogP contribution is -2.39. The zero-order chi connectivity index (χ0) is 13.3. The summed E-state index contributed by atoms with van der Waals surface area (Å²) < 4.78 is 27.7. The van der Waals surface area contributed by atoms with Crippen molar-refractivity contribution < 1.29 is 8.42 Å². The topological polar surface area (TPSA) is 37.4 Å². The van der Waals surface area contributed by atoms with E-state index in [1.54, 1.807) is 22.8 Å². The Balaban J connectivity index is 2.18. The van der Waals surface area contributed by atoms with E-state index in [1.165, 1.54) is 11.3 Å². The molecule has 0 aliphatic heterocycles. The second-order valence-corrected chi connectivity index (χ2v) is 8.95. The van der Waals surface area contributed by atoms with Gasteiger partial charge in [0.05, 0.1) is 0 Å². The van der Waals surface area contributed by atoms with Crippen LogP contribution < -0.4 is 0 Å². The van der Waals surface area contributed by atoms with Crippen LogP contribution in [0.4, 0.5) is 0 Å². The fraction of sp³-hybridized carbons (Fsp3) is 0.667. The van der Waals surface area contributed by atoms with Gasteiger partial charge in [-0.25, -0.2) is 8.42 Å². The summed E-state index contributed by atoms with van der Waals surface area (Å²) in [6, 6.07) is 1.94. The van der Waals surface area contributed by atoms with Crippen molar-refractivity contribution in [3.05, 3.63) is 15.9 Å². The van der Waals surface area contributed by atoms with E-state index in [2.05, 4.69) is 22.9 Å². The second-order valence-electron chi connectivity index (χ2n) is 4.99. The summed E-state index contributed by atoms with van der Waals surface area (Å²) in [5, 5.41) is 1.80. The van der Waals surface area contributed by atoms with Gasteiger partial charge in [-0.05, 0) is 59.0 Å². The molecule has 2 rings (SSSR count). The molecule has 0 saturated heterocycles. The summed E-state index contributed by atoms with van der Waals surface area (Å²) in [6.07, 6.45) is 4.19. The van der Waals surface area contributed by atoms with Gasteiger partial charge in [0.25, 0.3) is 10.0 Å². The fourth-order valence-electron chi connectivity index (χ4n) is 2.40. The highest BCUT2D eigenvalue weighted by atomic mass is 79.9. The molecular weight excluding hydrogens is 334 g/mol. The number of hydrogen-bond acceptors (Lipinski definition) is 3. The highest BCUT2D eigenvalue weighted by molar-refractivity contribution is 9.10. The molecule has 0 N–H and O–H groups in total. The lowest BCUT2D eigenvalue weighted by molar-refractivity contribution is 0.246. The molecule has 1 aromatic rings. The Morgan fingerprint density at radius 2 is 1.94 bits per heavy atom. The summed E-state index contributed by atoms with van der Waals surface area (Å²) >= 11 is 4.58. The van der Waals surface area contributed by atoms with Gasteiger partial charge in [-0.3, -0.25) is 0 Å². The number of rotatable bonds is 3. The molecule has 1 saturated carbocycles. The standard InChI is InChI=1S/C12H18BrNO2S2/c1-9-3-5-10(6-4-9)14(2)18(15,16)12-11(13)7-8-17-12/h7-10H,3-6H2,1-2H3. The van der Waals surface area contributed by atoms with E-state index in [9.17, 15) is 8.42 Å². The first-order valence-corrected chi connectivity index (χ1v) is 9.25. The normalized spacial score (nSPS) is 25.6. The Bertz CT molecular complexity index is 504. The quantitative estimate of drug-likeness (QED) is 0.832. The lowest BCUT2D eigenvalue weighted by atomic mass is 9.87. The van der Waals surface area contributed by atoms with Crippen molar-refractivity contribution in [2.75, 3.05) is 7.05 Å². The Hall–Kier alpha value is 0.0900. The zero-order valence-corrected chi connectivity index (χ0v) is 13.8. The average Bonchev–Trinajstić information content (AvgIpc) is 2.76. The molecule has 0 spiro atoms. The highest BCUT2D eigenvalue weighted by Crippen LogP contribution is 2.34. The van der Waals surface area contributed by atoms with E-state index >= 15 is 0 Å². The number of thiophene rings is 1. The number of hydrogen-bond donors (Lipinski definition) is 0. The van der Waals surface area contributed by atoms with Crippen molar-refractivity contribution >= 4 is 37.3 Å². The van der Waals surface area contributed by atoms with E-state index in [-0.39, 0.29) is 6.04 Å². The molecule has 1 aromatic heterocycles. The fourth-order valence-corrected chi connectivity index (χ4v) is 6.29. The molecule has 18 heavy (non-hydrogen) atoms. The first-order chi connectivity index (χ1) is 8.43. The molecule has 0 amide bonds. The van der Waals surface area contributed by atoms with Crippen LogP contribution in [-0.2, 0) is 10.0 Å². The van der Waals surface area contributed by atoms with Gasteiger partial charge in [0.1, 0.15) is 4.21 Å². The molecule has 1 fully saturated rings. The van der Waals surface area contributed by atoms with E-state index < -0.39 is 10.0 Å². The Morgan fingerprint density at radius 3 is 2.44 bits per heavy atom. The molecular formula is C12H18BrNO2S2. The highest BCUT2D eigenvalue weighted by Gasteiger charge is 2.32. The van der Waals surface area contributed by atoms with Crippen LogP contribution >= 0.6 is 27.3 Å². The SMILES string of the molecule is CC1CCC(N(C)S(=O)(=O)c2sccc2Br)CC1. The maximum absolute atomic E-state index is 12.5. The maximum Gasteiger partial charge on any atom is 0.253 e. The van der Waals surface area contributed by atoms with Gasteiger partial charge in [0.2, 0.25) is 0 Å². The van der Waals surface area contributed by atoms with Crippen molar-refractivity contribution in [3.8, 4) is 0 Å². The zero-order valence-electron chi connectivity index (χ0n) is 10.6. The first kappa shape index (κ1) is 14.5. The second kappa shape index (κ2) is 5.61. The number of halogens is 1. The predicted molar refractivity (Wildman–Crippen MR) is 78.4 cm³/mol. The Labute approximate surface area is 121 Å². The van der Waals surface area contributed by atoms with Crippen LogP contribution in [0.2, 0.25) is 0 Å². The maximum atomic E-state index is 12.5. The molecule has 1 aliphatic carbocycles. The monoisotopic (exact) mass is 351 g/mol. The summed E-state index contributed by atoms with van der Waals surface area (Å²) in [7, 11) is -1.63. The summed E-state index contributed by atoms with van der Waals surface area (Å²) in [6.45, 7) is 2.24. The van der Waals surface area contributed by atoms with Gasteiger partial charge in [0.15, 0.2) is 0 Å². The van der Waals surface area contributed by atoms with Crippen LogP contribution in [0.25, 0.3) is 0 Å². The van der Waals surface area contributed by atoms with Crippen LogP contribution in [0.15, 0.2) is 20.1 Å². The smallest absolute Gasteiger partial charge is 0.206 e. The van der Waals surface area contributed by atoms with Gasteiger partial charge in [-0.1, -0.05) is 6.92 Å². The van der Waals surface area contributed by atoms with E-state index in [0.29, 0.717) is 8.68 Å². The summed E-state index contributed by atoms with van der Waals surface area (Å²) in [5.74, 6) is 0.728. The molecule has 0 unspecified atom stereocenters. The lowest BCUT2D eigenvalue weighted by Gasteiger charge is -2.32. The van der Waals surface area contributed by atoms with E-state index in [1.807, 2.05) is 0 Å². The van der Waals surface area contributed by atoms with Crippen LogP contribution in [0, 0.1) is 5.92 Å². The van der Waals surface area contributed by atoms with E-state index in [0.717, 1.165) is 31.6 Å². The van der Waals surface area contributed by atoms with E-state index in [4.69, 9.17) is 0 Å². The minimum atomic E-state index is -3.34. The van der Waals surface area contributed by atoms with Crippen molar-refractivity contribution in [1.29, 1.82) is 0 Å². The molecule has 3 nitrogen and oxygen atoms in total. The third kappa shape index (κ3) is 2.81. The van der Waals surface area contributed by atoms with Crippen LogP contribution in [0.1, 0.15) is 32.6 Å². The minimum Gasteiger partial charge on any atom is -0.206 e. The first-order valence-electron chi connectivity index (χ1n) is 6.14. The molecule has 1 aliphatic rings. The Morgan fingerprint density at radius 1 is 1.33 bits per heavy atom. The number of nitrogens with zero attached hydrogens (tertiary/aromatic N) is 1. The Kier molecular flexibility index (Phi) is 4.52. The minimum absolute atomic E-state index is 0.153. The van der Waals surface area contributed by atoms with Crippen molar-refractivity contribution in [2.45, 2.75) is 42.9 Å². The molecule has 0 bridgehead atoms. The van der Waals surface area contributed by atoms with Gasteiger partial charge >= 0.3 is 0 Å². The third-order valence-electron chi connectivity index (χ3n) is 3.70. The van der Waals surface area contributed by atoms with Gasteiger partial charge in [-0.15, -0.1) is 11.3 Å². The number of sulfonamides is 1. The van der Waals surface area contributed by atoms with Crippen LogP contribution in [-0.4, -0.2) is 25.8 Å². The molecule has 102 valence electrons. The third-order valence-corrected chi connectivity index (χ3v) is 8.25. The summed E-state index contributed by atoms with van der Waals surface area (Å²) in [5.41, 5.74) is 0. The van der Waals surface area contributed by atoms with Gasteiger partial charge in [0, 0.05) is 17.6 Å². The molecule has 0 atom stereocenters. The van der Waals surface area contributed by atoms with Crippen molar-refractivity contribution in [2.24, 2.45) is 5.92 Å². The van der Waals surface area contributed by atoms with Crippen molar-refractivity contribution in [1.82, 2.24) is 4.31 Å².